The molecule has 1 atom stereocenters. The minimum absolute atomic E-state index is 0.0380. The van der Waals surface area contributed by atoms with Crippen molar-refractivity contribution in [3.8, 4) is 17.4 Å². The Bertz CT molecular complexity index is 2200. The van der Waals surface area contributed by atoms with Crippen LogP contribution in [0, 0.1) is 0 Å². The van der Waals surface area contributed by atoms with Gasteiger partial charge in [0.1, 0.15) is 30.3 Å². The lowest BCUT2D eigenvalue weighted by molar-refractivity contribution is -0.136. The molecule has 2 aromatic heterocycles. The van der Waals surface area contributed by atoms with Crippen molar-refractivity contribution >= 4 is 29.3 Å². The second-order valence-corrected chi connectivity index (χ2v) is 13.9. The van der Waals surface area contributed by atoms with Crippen LogP contribution < -0.4 is 20.1 Å². The molecule has 2 aliphatic heterocycles. The third kappa shape index (κ3) is 6.70. The molecule has 1 aliphatic carbocycles. The van der Waals surface area contributed by atoms with E-state index in [0.29, 0.717) is 11.6 Å². The quantitative estimate of drug-likeness (QED) is 0.186. The van der Waals surface area contributed by atoms with Crippen molar-refractivity contribution in [2.75, 3.05) is 5.32 Å². The van der Waals surface area contributed by atoms with Gasteiger partial charge in [0.2, 0.25) is 11.8 Å². The number of rotatable bonds is 11. The molecule has 4 amide bonds. The van der Waals surface area contributed by atoms with Gasteiger partial charge in [-0.3, -0.25) is 29.4 Å². The fourth-order valence-electron chi connectivity index (χ4n) is 6.90. The third-order valence-corrected chi connectivity index (χ3v) is 10.1. The lowest BCUT2D eigenvalue weighted by Gasteiger charge is -2.36. The number of benzene rings is 3. The first-order valence-corrected chi connectivity index (χ1v) is 17.4. The van der Waals surface area contributed by atoms with Crippen LogP contribution in [0.25, 0.3) is 5.95 Å². The number of amides is 4. The standard InChI is InChI=1S/C39H36N8O6/c1-39(2,23-3-8-28(9-4-23)52-22-26-15-16-40-38(43-26)46-18-17-41-45-46)24-5-10-29(11-6-24)53-30-19-27(20-30)42-25-7-12-31-32(21-25)37(51)47(36(31)50)33-13-14-34(48)44-35(33)49/h3-12,15-18,21,27,30,33,42H,13-14,19-20,22H2,1-2H3,(H,44,48,49)/t27-,30+,33?. The third-order valence-electron chi connectivity index (χ3n) is 10.1. The molecule has 0 spiro atoms. The fourth-order valence-corrected chi connectivity index (χ4v) is 6.90. The Labute approximate surface area is 304 Å². The summed E-state index contributed by atoms with van der Waals surface area (Å²) < 4.78 is 13.8. The molecule has 5 aromatic rings. The van der Waals surface area contributed by atoms with Crippen LogP contribution in [0.3, 0.4) is 0 Å². The van der Waals surface area contributed by atoms with Gasteiger partial charge in [-0.15, -0.1) is 5.10 Å². The van der Waals surface area contributed by atoms with Crippen molar-refractivity contribution < 1.29 is 28.7 Å². The Morgan fingerprint density at radius 3 is 2.28 bits per heavy atom. The summed E-state index contributed by atoms with van der Waals surface area (Å²) in [6.45, 7) is 4.65. The summed E-state index contributed by atoms with van der Waals surface area (Å²) in [5.74, 6) is -0.107. The second-order valence-electron chi connectivity index (χ2n) is 13.9. The molecule has 14 heteroatoms. The van der Waals surface area contributed by atoms with Crippen LogP contribution in [0.15, 0.2) is 91.4 Å². The van der Waals surface area contributed by atoms with Crippen molar-refractivity contribution in [1.29, 1.82) is 0 Å². The Morgan fingerprint density at radius 2 is 1.58 bits per heavy atom. The van der Waals surface area contributed by atoms with E-state index in [9.17, 15) is 19.2 Å². The van der Waals surface area contributed by atoms with Crippen molar-refractivity contribution in [1.82, 2.24) is 35.2 Å². The average molecular weight is 713 g/mol. The first-order valence-electron chi connectivity index (χ1n) is 17.4. The zero-order chi connectivity index (χ0) is 36.7. The molecule has 3 aromatic carbocycles. The Hall–Kier alpha value is -6.44. The molecule has 8 rings (SSSR count). The maximum Gasteiger partial charge on any atom is 0.262 e. The van der Waals surface area contributed by atoms with Gasteiger partial charge in [0.25, 0.3) is 17.8 Å². The minimum atomic E-state index is -0.988. The lowest BCUT2D eigenvalue weighted by Crippen LogP contribution is -2.54. The number of carbonyl (C=O) groups excluding carboxylic acids is 4. The van der Waals surface area contributed by atoms with Gasteiger partial charge in [0.15, 0.2) is 0 Å². The number of nitrogens with zero attached hydrogens (tertiary/aromatic N) is 6. The van der Waals surface area contributed by atoms with E-state index in [2.05, 4.69) is 69.0 Å². The number of hydrogen-bond donors (Lipinski definition) is 2. The molecule has 268 valence electrons. The van der Waals surface area contributed by atoms with Crippen molar-refractivity contribution in [2.24, 2.45) is 0 Å². The van der Waals surface area contributed by atoms with E-state index in [1.54, 1.807) is 42.9 Å². The van der Waals surface area contributed by atoms with E-state index in [0.717, 1.165) is 46.1 Å². The summed E-state index contributed by atoms with van der Waals surface area (Å²) in [6, 6.07) is 22.3. The Balaban J connectivity index is 0.823. The zero-order valence-corrected chi connectivity index (χ0v) is 29.1. The highest BCUT2D eigenvalue weighted by Gasteiger charge is 2.45. The maximum absolute atomic E-state index is 13.2. The predicted octanol–water partition coefficient (Wildman–Crippen LogP) is 4.39. The Kier molecular flexibility index (Phi) is 8.64. The number of fused-ring (bicyclic) bond motifs is 1. The molecule has 3 aliphatic rings. The van der Waals surface area contributed by atoms with E-state index >= 15 is 0 Å². The Morgan fingerprint density at radius 1 is 0.868 bits per heavy atom. The highest BCUT2D eigenvalue weighted by molar-refractivity contribution is 6.23. The van der Waals surface area contributed by atoms with Crippen LogP contribution in [-0.4, -0.2) is 71.7 Å². The molecule has 53 heavy (non-hydrogen) atoms. The van der Waals surface area contributed by atoms with E-state index in [-0.39, 0.29) is 48.1 Å². The van der Waals surface area contributed by atoms with Crippen LogP contribution in [0.2, 0.25) is 0 Å². The first kappa shape index (κ1) is 33.7. The van der Waals surface area contributed by atoms with Gasteiger partial charge >= 0.3 is 0 Å². The average Bonchev–Trinajstić information content (AvgIpc) is 3.77. The van der Waals surface area contributed by atoms with Gasteiger partial charge < -0.3 is 14.8 Å². The summed E-state index contributed by atoms with van der Waals surface area (Å²) >= 11 is 0. The summed E-state index contributed by atoms with van der Waals surface area (Å²) in [6.07, 6.45) is 6.70. The molecule has 1 unspecified atom stereocenters. The van der Waals surface area contributed by atoms with Gasteiger partial charge in [-0.25, -0.2) is 9.97 Å². The monoisotopic (exact) mass is 712 g/mol. The summed E-state index contributed by atoms with van der Waals surface area (Å²) in [5, 5.41) is 13.4. The van der Waals surface area contributed by atoms with Gasteiger partial charge in [-0.1, -0.05) is 43.3 Å². The number of nitrogens with one attached hydrogen (secondary N) is 2. The van der Waals surface area contributed by atoms with Crippen LogP contribution in [0.1, 0.15) is 77.1 Å². The molecule has 2 fully saturated rings. The van der Waals surface area contributed by atoms with E-state index in [1.807, 2.05) is 24.3 Å². The molecule has 4 heterocycles. The summed E-state index contributed by atoms with van der Waals surface area (Å²) in [4.78, 5) is 59.8. The minimum Gasteiger partial charge on any atom is -0.490 e. The van der Waals surface area contributed by atoms with Gasteiger partial charge in [0.05, 0.1) is 29.2 Å². The number of piperidine rings is 1. The fraction of sp³-hybridized carbons (Fsp3) is 0.282. The molecule has 14 nitrogen and oxygen atoms in total. The van der Waals surface area contributed by atoms with Crippen molar-refractivity contribution in [3.05, 3.63) is 119 Å². The van der Waals surface area contributed by atoms with Crippen LogP contribution in [0.4, 0.5) is 5.69 Å². The number of aromatic nitrogens is 5. The lowest BCUT2D eigenvalue weighted by atomic mass is 9.78. The molecule has 1 saturated carbocycles. The van der Waals surface area contributed by atoms with Gasteiger partial charge in [0, 0.05) is 42.6 Å². The van der Waals surface area contributed by atoms with Gasteiger partial charge in [-0.05, 0) is 66.1 Å². The maximum atomic E-state index is 13.2. The number of carbonyl (C=O) groups is 4. The van der Waals surface area contributed by atoms with E-state index in [4.69, 9.17) is 9.47 Å². The highest BCUT2D eigenvalue weighted by Crippen LogP contribution is 2.36. The van der Waals surface area contributed by atoms with Gasteiger partial charge in [-0.2, -0.15) is 4.68 Å². The molecular formula is C39H36N8O6. The largest absolute Gasteiger partial charge is 0.490 e. The zero-order valence-electron chi connectivity index (χ0n) is 29.1. The molecular weight excluding hydrogens is 676 g/mol. The second kappa shape index (κ2) is 13.6. The topological polar surface area (TPSA) is 171 Å². The number of ether oxygens (including phenoxy) is 2. The first-order chi connectivity index (χ1) is 25.6. The SMILES string of the molecule is CC(C)(c1ccc(OCc2ccnc(-n3ccnn3)n2)cc1)c1ccc(O[C@H]2C[C@@H](Nc3ccc4c(c3)C(=O)N(C3CCC(=O)NC3=O)C4=O)C2)cc1. The van der Waals surface area contributed by atoms with E-state index in [1.165, 1.54) is 4.68 Å². The normalized spacial score (nSPS) is 19.7. The summed E-state index contributed by atoms with van der Waals surface area (Å²) in [7, 11) is 0. The molecule has 2 N–H and O–H groups in total. The smallest absolute Gasteiger partial charge is 0.262 e. The van der Waals surface area contributed by atoms with E-state index < -0.39 is 29.7 Å². The number of anilines is 1. The molecule has 0 radical (unpaired) electrons. The van der Waals surface area contributed by atoms with Crippen LogP contribution in [0.5, 0.6) is 11.5 Å². The highest BCUT2D eigenvalue weighted by atomic mass is 16.5. The number of imide groups is 2. The van der Waals surface area contributed by atoms with Crippen molar-refractivity contribution in [2.45, 2.75) is 69.7 Å². The van der Waals surface area contributed by atoms with Crippen molar-refractivity contribution in [3.63, 3.8) is 0 Å². The van der Waals surface area contributed by atoms with Crippen LogP contribution in [-0.2, 0) is 21.6 Å². The molecule has 0 bridgehead atoms. The molecule has 1 saturated heterocycles. The predicted molar refractivity (Wildman–Crippen MR) is 190 cm³/mol. The summed E-state index contributed by atoms with van der Waals surface area (Å²) in [5.41, 5.74) is 3.98. The van der Waals surface area contributed by atoms with Crippen LogP contribution >= 0.6 is 0 Å². The number of hydrogen-bond acceptors (Lipinski definition) is 11.